The highest BCUT2D eigenvalue weighted by molar-refractivity contribution is 9.11. The highest BCUT2D eigenvalue weighted by atomic mass is 79.9. The number of para-hydroxylation sites is 1. The number of hydrogen-bond acceptors (Lipinski definition) is 3. The summed E-state index contributed by atoms with van der Waals surface area (Å²) in [5.74, 6) is 0.953. The van der Waals surface area contributed by atoms with Gasteiger partial charge in [0.1, 0.15) is 5.75 Å². The number of ether oxygens (including phenoxy) is 1. The van der Waals surface area contributed by atoms with Crippen LogP contribution in [0, 0.1) is 0 Å². The van der Waals surface area contributed by atoms with Gasteiger partial charge in [-0.1, -0.05) is 12.1 Å². The van der Waals surface area contributed by atoms with Crippen LogP contribution >= 0.6 is 31.9 Å². The lowest BCUT2D eigenvalue weighted by atomic mass is 9.92. The lowest BCUT2D eigenvalue weighted by Crippen LogP contribution is -2.22. The highest BCUT2D eigenvalue weighted by Gasteiger charge is 2.26. The van der Waals surface area contributed by atoms with E-state index in [0.717, 1.165) is 31.5 Å². The number of carbonyl (C=O) groups is 1. The van der Waals surface area contributed by atoms with Crippen LogP contribution in [0.3, 0.4) is 0 Å². The molecule has 0 saturated heterocycles. The van der Waals surface area contributed by atoms with Crippen LogP contribution in [0.5, 0.6) is 5.75 Å². The van der Waals surface area contributed by atoms with Crippen molar-refractivity contribution in [3.05, 3.63) is 56.5 Å². The standard InChI is InChI=1S/C17H15Br2NO2/c1-2-22-17-12(18)7-10(8-13(17)19)15-9-16(21)11-5-3-4-6-14(11)20-15/h3-8,15,20H,2,9H2,1H3. The van der Waals surface area contributed by atoms with Crippen molar-refractivity contribution in [3.63, 3.8) is 0 Å². The molecule has 1 unspecified atom stereocenters. The molecule has 0 amide bonds. The molecule has 1 N–H and O–H groups in total. The summed E-state index contributed by atoms with van der Waals surface area (Å²) in [6.07, 6.45) is 0.448. The van der Waals surface area contributed by atoms with Gasteiger partial charge in [-0.2, -0.15) is 0 Å². The smallest absolute Gasteiger partial charge is 0.167 e. The second-order valence-corrected chi connectivity index (χ2v) is 6.83. The van der Waals surface area contributed by atoms with Crippen molar-refractivity contribution in [2.45, 2.75) is 19.4 Å². The number of hydrogen-bond donors (Lipinski definition) is 1. The van der Waals surface area contributed by atoms with Gasteiger partial charge in [0.15, 0.2) is 5.78 Å². The molecular formula is C17H15Br2NO2. The fraction of sp³-hybridized carbons (Fsp3) is 0.235. The predicted molar refractivity (Wildman–Crippen MR) is 94.8 cm³/mol. The molecule has 114 valence electrons. The molecule has 2 aromatic rings. The van der Waals surface area contributed by atoms with Gasteiger partial charge < -0.3 is 10.1 Å². The molecule has 1 atom stereocenters. The maximum absolute atomic E-state index is 12.3. The van der Waals surface area contributed by atoms with Crippen LogP contribution in [-0.4, -0.2) is 12.4 Å². The quantitative estimate of drug-likeness (QED) is 0.721. The van der Waals surface area contributed by atoms with Gasteiger partial charge in [-0.05, 0) is 68.6 Å². The normalized spacial score (nSPS) is 16.9. The number of nitrogens with one attached hydrogen (secondary N) is 1. The summed E-state index contributed by atoms with van der Waals surface area (Å²) in [4.78, 5) is 12.3. The lowest BCUT2D eigenvalue weighted by molar-refractivity contribution is 0.0972. The largest absolute Gasteiger partial charge is 0.492 e. The third-order valence-corrected chi connectivity index (χ3v) is 4.84. The first-order chi connectivity index (χ1) is 10.6. The van der Waals surface area contributed by atoms with E-state index in [1.165, 1.54) is 0 Å². The summed E-state index contributed by atoms with van der Waals surface area (Å²) < 4.78 is 7.37. The summed E-state index contributed by atoms with van der Waals surface area (Å²) >= 11 is 7.09. The third-order valence-electron chi connectivity index (χ3n) is 3.66. The van der Waals surface area contributed by atoms with E-state index in [-0.39, 0.29) is 11.8 Å². The van der Waals surface area contributed by atoms with Crippen LogP contribution < -0.4 is 10.1 Å². The molecule has 1 aliphatic rings. The summed E-state index contributed by atoms with van der Waals surface area (Å²) in [6.45, 7) is 2.55. The SMILES string of the molecule is CCOc1c(Br)cc(C2CC(=O)c3ccccc3N2)cc1Br. The monoisotopic (exact) mass is 423 g/mol. The van der Waals surface area contributed by atoms with E-state index in [2.05, 4.69) is 37.2 Å². The molecule has 1 heterocycles. The average Bonchev–Trinajstić information content (AvgIpc) is 2.50. The first-order valence-electron chi connectivity index (χ1n) is 7.10. The Morgan fingerprint density at radius 2 is 1.91 bits per heavy atom. The van der Waals surface area contributed by atoms with Crippen LogP contribution in [0.25, 0.3) is 0 Å². The molecule has 0 aromatic heterocycles. The van der Waals surface area contributed by atoms with E-state index >= 15 is 0 Å². The predicted octanol–water partition coefficient (Wildman–Crippen LogP) is 5.35. The topological polar surface area (TPSA) is 38.3 Å². The average molecular weight is 425 g/mol. The van der Waals surface area contributed by atoms with Crippen LogP contribution in [0.2, 0.25) is 0 Å². The Morgan fingerprint density at radius 1 is 1.23 bits per heavy atom. The van der Waals surface area contributed by atoms with Crippen LogP contribution in [-0.2, 0) is 0 Å². The molecular weight excluding hydrogens is 410 g/mol. The Hall–Kier alpha value is -1.33. The van der Waals surface area contributed by atoms with Crippen molar-refractivity contribution in [3.8, 4) is 5.75 Å². The Kier molecular flexibility index (Phi) is 4.54. The molecule has 0 aliphatic carbocycles. The Morgan fingerprint density at radius 3 is 2.59 bits per heavy atom. The van der Waals surface area contributed by atoms with E-state index in [4.69, 9.17) is 4.74 Å². The molecule has 22 heavy (non-hydrogen) atoms. The van der Waals surface area contributed by atoms with Crippen molar-refractivity contribution in [2.24, 2.45) is 0 Å². The zero-order valence-corrected chi connectivity index (χ0v) is 15.2. The van der Waals surface area contributed by atoms with Gasteiger partial charge in [-0.15, -0.1) is 0 Å². The van der Waals surface area contributed by atoms with Gasteiger partial charge >= 0.3 is 0 Å². The number of fused-ring (bicyclic) bond motifs is 1. The number of ketones is 1. The fourth-order valence-electron chi connectivity index (χ4n) is 2.65. The van der Waals surface area contributed by atoms with Gasteiger partial charge in [0.05, 0.1) is 21.6 Å². The number of carbonyl (C=O) groups excluding carboxylic acids is 1. The first kappa shape index (κ1) is 15.6. The molecule has 0 bridgehead atoms. The molecule has 0 radical (unpaired) electrons. The number of benzene rings is 2. The molecule has 0 spiro atoms. The van der Waals surface area contributed by atoms with Crippen molar-refractivity contribution >= 4 is 43.3 Å². The van der Waals surface area contributed by atoms with Gasteiger partial charge in [-0.3, -0.25) is 4.79 Å². The van der Waals surface area contributed by atoms with Crippen LogP contribution in [0.4, 0.5) is 5.69 Å². The van der Waals surface area contributed by atoms with Gasteiger partial charge in [0.2, 0.25) is 0 Å². The van der Waals surface area contributed by atoms with E-state index in [1.54, 1.807) is 0 Å². The lowest BCUT2D eigenvalue weighted by Gasteiger charge is -2.27. The summed E-state index contributed by atoms with van der Waals surface area (Å²) in [5, 5.41) is 3.45. The second kappa shape index (κ2) is 6.42. The van der Waals surface area contributed by atoms with Gasteiger partial charge in [0.25, 0.3) is 0 Å². The molecule has 1 aliphatic heterocycles. The first-order valence-corrected chi connectivity index (χ1v) is 8.69. The Bertz CT molecular complexity index is 707. The Labute approximate surface area is 146 Å². The van der Waals surface area contributed by atoms with Crippen molar-refractivity contribution < 1.29 is 9.53 Å². The van der Waals surface area contributed by atoms with Gasteiger partial charge in [0, 0.05) is 17.7 Å². The summed E-state index contributed by atoms with van der Waals surface area (Å²) in [6, 6.07) is 11.6. The van der Waals surface area contributed by atoms with Crippen molar-refractivity contribution in [2.75, 3.05) is 11.9 Å². The molecule has 3 nitrogen and oxygen atoms in total. The van der Waals surface area contributed by atoms with Crippen molar-refractivity contribution in [1.29, 1.82) is 0 Å². The van der Waals surface area contributed by atoms with Crippen LogP contribution in [0.15, 0.2) is 45.3 Å². The van der Waals surface area contributed by atoms with E-state index in [9.17, 15) is 4.79 Å². The number of anilines is 1. The minimum Gasteiger partial charge on any atom is -0.492 e. The zero-order chi connectivity index (χ0) is 15.7. The fourth-order valence-corrected chi connectivity index (χ4v) is 4.10. The Balaban J connectivity index is 1.95. The highest BCUT2D eigenvalue weighted by Crippen LogP contribution is 2.39. The van der Waals surface area contributed by atoms with E-state index in [0.29, 0.717) is 13.0 Å². The van der Waals surface area contributed by atoms with Gasteiger partial charge in [-0.25, -0.2) is 0 Å². The molecule has 2 aromatic carbocycles. The second-order valence-electron chi connectivity index (χ2n) is 5.12. The van der Waals surface area contributed by atoms with E-state index in [1.807, 2.05) is 43.3 Å². The summed E-state index contributed by atoms with van der Waals surface area (Å²) in [7, 11) is 0. The number of halogens is 2. The number of rotatable bonds is 3. The van der Waals surface area contributed by atoms with E-state index < -0.39 is 0 Å². The third kappa shape index (κ3) is 2.92. The molecule has 5 heteroatoms. The zero-order valence-electron chi connectivity index (χ0n) is 12.0. The maximum atomic E-state index is 12.3. The molecule has 3 rings (SSSR count). The maximum Gasteiger partial charge on any atom is 0.167 e. The summed E-state index contributed by atoms with van der Waals surface area (Å²) in [5.41, 5.74) is 2.71. The minimum absolute atomic E-state index is 0.0364. The van der Waals surface area contributed by atoms with Crippen molar-refractivity contribution in [1.82, 2.24) is 0 Å². The molecule has 0 saturated carbocycles. The number of Topliss-reactive ketones (excluding diaryl/α,β-unsaturated/α-hetero) is 1. The minimum atomic E-state index is -0.0364. The molecule has 0 fully saturated rings. The van der Waals surface area contributed by atoms with Crippen LogP contribution in [0.1, 0.15) is 35.3 Å².